The first-order chi connectivity index (χ1) is 13.8. The molecule has 2 aliphatic heterocycles. The Bertz CT molecular complexity index is 910. The molecule has 0 saturated carbocycles. The number of nitrogens with zero attached hydrogens (tertiary/aromatic N) is 3. The number of ether oxygens (including phenoxy) is 2. The van der Waals surface area contributed by atoms with Gasteiger partial charge in [-0.25, -0.2) is 0 Å². The van der Waals surface area contributed by atoms with Crippen molar-refractivity contribution in [2.75, 3.05) is 40.0 Å². The van der Waals surface area contributed by atoms with Crippen LogP contribution in [0.4, 0.5) is 10.5 Å². The lowest BCUT2D eigenvalue weighted by Crippen LogP contribution is -2.46. The number of nitro groups is 1. The summed E-state index contributed by atoms with van der Waals surface area (Å²) >= 11 is 0.583. The molecule has 0 bridgehead atoms. The Labute approximate surface area is 169 Å². The SMILES string of the molecule is COc1cc([N+](=O)[O-])cc(/C=C2/SC(=O)N(CC(=O)N3CCOCC3)C2=O)c1O. The number of imide groups is 1. The maximum absolute atomic E-state index is 12.6. The summed E-state index contributed by atoms with van der Waals surface area (Å²) < 4.78 is 10.1. The summed E-state index contributed by atoms with van der Waals surface area (Å²) in [6, 6.07) is 2.10. The van der Waals surface area contributed by atoms with Gasteiger partial charge in [0, 0.05) is 24.7 Å². The number of methoxy groups -OCH3 is 1. The van der Waals surface area contributed by atoms with Gasteiger partial charge in [-0.15, -0.1) is 0 Å². The third-order valence-electron chi connectivity index (χ3n) is 4.34. The number of aromatic hydroxyl groups is 1. The highest BCUT2D eigenvalue weighted by Crippen LogP contribution is 2.39. The Morgan fingerprint density at radius 2 is 2.07 bits per heavy atom. The molecular weight excluding hydrogens is 406 g/mol. The molecule has 0 spiro atoms. The van der Waals surface area contributed by atoms with Crippen LogP contribution < -0.4 is 4.74 Å². The molecule has 12 heteroatoms. The minimum atomic E-state index is -0.716. The van der Waals surface area contributed by atoms with Crippen molar-refractivity contribution in [1.29, 1.82) is 0 Å². The molecule has 0 aliphatic carbocycles. The first-order valence-corrected chi connectivity index (χ1v) is 9.29. The minimum Gasteiger partial charge on any atom is -0.504 e. The number of hydrogen-bond acceptors (Lipinski definition) is 9. The molecule has 29 heavy (non-hydrogen) atoms. The maximum Gasteiger partial charge on any atom is 0.294 e. The molecule has 154 valence electrons. The van der Waals surface area contributed by atoms with E-state index in [1.165, 1.54) is 12.0 Å². The van der Waals surface area contributed by atoms with Gasteiger partial charge in [0.2, 0.25) is 5.91 Å². The van der Waals surface area contributed by atoms with Gasteiger partial charge in [0.25, 0.3) is 16.8 Å². The fourth-order valence-corrected chi connectivity index (χ4v) is 3.64. The van der Waals surface area contributed by atoms with E-state index in [0.29, 0.717) is 38.1 Å². The highest BCUT2D eigenvalue weighted by molar-refractivity contribution is 8.18. The number of phenolic OH excluding ortho intramolecular Hbond substituents is 1. The van der Waals surface area contributed by atoms with E-state index in [9.17, 15) is 29.6 Å². The molecule has 0 aromatic heterocycles. The number of amides is 3. The Kier molecular flexibility index (Phi) is 6.03. The molecule has 3 rings (SSSR count). The predicted octanol–water partition coefficient (Wildman–Crippen LogP) is 1.20. The monoisotopic (exact) mass is 423 g/mol. The molecule has 2 aliphatic rings. The van der Waals surface area contributed by atoms with E-state index in [-0.39, 0.29) is 27.8 Å². The minimum absolute atomic E-state index is 0.0546. The van der Waals surface area contributed by atoms with Crippen LogP contribution in [0.1, 0.15) is 5.56 Å². The van der Waals surface area contributed by atoms with Crippen molar-refractivity contribution >= 4 is 40.6 Å². The van der Waals surface area contributed by atoms with E-state index in [2.05, 4.69) is 0 Å². The summed E-state index contributed by atoms with van der Waals surface area (Å²) in [5.41, 5.74) is -0.409. The fourth-order valence-electron chi connectivity index (χ4n) is 2.81. The van der Waals surface area contributed by atoms with E-state index in [1.807, 2.05) is 0 Å². The van der Waals surface area contributed by atoms with Gasteiger partial charge in [-0.05, 0) is 17.8 Å². The standard InChI is InChI=1S/C17H17N3O8S/c1-27-12-8-11(20(25)26)6-10(15(12)22)7-13-16(23)19(17(24)29-13)9-14(21)18-2-4-28-5-3-18/h6-8,22H,2-5,9H2,1H3/b13-7+. The number of thioether (sulfide) groups is 1. The zero-order valence-electron chi connectivity index (χ0n) is 15.3. The number of nitro benzene ring substituents is 1. The average Bonchev–Trinajstić information content (AvgIpc) is 2.97. The van der Waals surface area contributed by atoms with Crippen LogP contribution in [-0.4, -0.2) is 76.8 Å². The van der Waals surface area contributed by atoms with Gasteiger partial charge in [0.1, 0.15) is 6.54 Å². The van der Waals surface area contributed by atoms with Crippen LogP contribution in [-0.2, 0) is 14.3 Å². The normalized spacial score (nSPS) is 18.4. The van der Waals surface area contributed by atoms with E-state index in [4.69, 9.17) is 9.47 Å². The summed E-state index contributed by atoms with van der Waals surface area (Å²) in [5, 5.41) is 20.6. The van der Waals surface area contributed by atoms with Crippen molar-refractivity contribution < 1.29 is 33.9 Å². The Morgan fingerprint density at radius 1 is 1.38 bits per heavy atom. The molecule has 3 amide bonds. The quantitative estimate of drug-likeness (QED) is 0.420. The van der Waals surface area contributed by atoms with Crippen LogP contribution in [0.15, 0.2) is 17.0 Å². The average molecular weight is 423 g/mol. The summed E-state index contributed by atoms with van der Waals surface area (Å²) in [6.07, 6.45) is 1.16. The molecule has 1 aromatic rings. The smallest absolute Gasteiger partial charge is 0.294 e. The van der Waals surface area contributed by atoms with Crippen LogP contribution in [0, 0.1) is 10.1 Å². The van der Waals surface area contributed by atoms with Crippen molar-refractivity contribution in [3.63, 3.8) is 0 Å². The van der Waals surface area contributed by atoms with E-state index < -0.39 is 28.4 Å². The summed E-state index contributed by atoms with van der Waals surface area (Å²) in [5.74, 6) is -1.65. The van der Waals surface area contributed by atoms with Gasteiger partial charge in [-0.3, -0.25) is 29.4 Å². The molecule has 0 atom stereocenters. The lowest BCUT2D eigenvalue weighted by atomic mass is 10.1. The van der Waals surface area contributed by atoms with Crippen molar-refractivity contribution in [3.05, 3.63) is 32.7 Å². The number of phenols is 1. The Hall–Kier alpha value is -3.12. The van der Waals surface area contributed by atoms with Gasteiger partial charge < -0.3 is 19.5 Å². The van der Waals surface area contributed by atoms with Crippen molar-refractivity contribution in [1.82, 2.24) is 9.80 Å². The lowest BCUT2D eigenvalue weighted by Gasteiger charge is -2.28. The zero-order chi connectivity index (χ0) is 21.1. The highest BCUT2D eigenvalue weighted by atomic mass is 32.2. The fraction of sp³-hybridized carbons (Fsp3) is 0.353. The van der Waals surface area contributed by atoms with E-state index in [1.54, 1.807) is 0 Å². The summed E-state index contributed by atoms with van der Waals surface area (Å²) in [7, 11) is 1.23. The van der Waals surface area contributed by atoms with E-state index in [0.717, 1.165) is 23.1 Å². The van der Waals surface area contributed by atoms with Crippen molar-refractivity contribution in [2.45, 2.75) is 0 Å². The van der Waals surface area contributed by atoms with Gasteiger partial charge >= 0.3 is 0 Å². The van der Waals surface area contributed by atoms with Crippen molar-refractivity contribution in [3.8, 4) is 11.5 Å². The molecule has 2 heterocycles. The number of morpholine rings is 1. The number of benzene rings is 1. The highest BCUT2D eigenvalue weighted by Gasteiger charge is 2.37. The van der Waals surface area contributed by atoms with Gasteiger partial charge in [-0.2, -0.15) is 0 Å². The largest absolute Gasteiger partial charge is 0.504 e. The Balaban J connectivity index is 1.83. The molecular formula is C17H17N3O8S. The Morgan fingerprint density at radius 3 is 2.69 bits per heavy atom. The number of carbonyl (C=O) groups is 3. The number of carbonyl (C=O) groups excluding carboxylic acids is 3. The number of hydrogen-bond donors (Lipinski definition) is 1. The summed E-state index contributed by atoms with van der Waals surface area (Å²) in [4.78, 5) is 49.8. The van der Waals surface area contributed by atoms with Crippen LogP contribution >= 0.6 is 11.8 Å². The van der Waals surface area contributed by atoms with Crippen molar-refractivity contribution in [2.24, 2.45) is 0 Å². The van der Waals surface area contributed by atoms with E-state index >= 15 is 0 Å². The number of rotatable bonds is 5. The molecule has 2 saturated heterocycles. The molecule has 0 unspecified atom stereocenters. The lowest BCUT2D eigenvalue weighted by molar-refractivity contribution is -0.385. The van der Waals surface area contributed by atoms with Crippen LogP contribution in [0.3, 0.4) is 0 Å². The second-order valence-corrected chi connectivity index (χ2v) is 7.10. The molecule has 1 aromatic carbocycles. The van der Waals surface area contributed by atoms with Crippen LogP contribution in [0.2, 0.25) is 0 Å². The van der Waals surface area contributed by atoms with Gasteiger partial charge in [0.05, 0.1) is 36.2 Å². The number of non-ortho nitro benzene ring substituents is 1. The second-order valence-electron chi connectivity index (χ2n) is 6.10. The molecule has 0 radical (unpaired) electrons. The predicted molar refractivity (Wildman–Crippen MR) is 101 cm³/mol. The van der Waals surface area contributed by atoms with Crippen LogP contribution in [0.5, 0.6) is 11.5 Å². The zero-order valence-corrected chi connectivity index (χ0v) is 16.1. The van der Waals surface area contributed by atoms with Crippen LogP contribution in [0.25, 0.3) is 6.08 Å². The third-order valence-corrected chi connectivity index (χ3v) is 5.24. The maximum atomic E-state index is 12.6. The summed E-state index contributed by atoms with van der Waals surface area (Å²) in [6.45, 7) is 1.13. The topological polar surface area (TPSA) is 140 Å². The first-order valence-electron chi connectivity index (χ1n) is 8.48. The molecule has 2 fully saturated rings. The third kappa shape index (κ3) is 4.32. The molecule has 1 N–H and O–H groups in total. The first kappa shape index (κ1) is 20.6. The second kappa shape index (κ2) is 8.49. The van der Waals surface area contributed by atoms with Gasteiger partial charge in [-0.1, -0.05) is 0 Å². The van der Waals surface area contributed by atoms with Gasteiger partial charge in [0.15, 0.2) is 11.5 Å². The molecule has 11 nitrogen and oxygen atoms in total.